The maximum Gasteiger partial charge on any atom is 0.337 e. The molecule has 0 aromatic heterocycles. The van der Waals surface area contributed by atoms with Gasteiger partial charge in [0.05, 0.1) is 43.2 Å². The molecule has 6 nitrogen and oxygen atoms in total. The summed E-state index contributed by atoms with van der Waals surface area (Å²) in [5.41, 5.74) is 3.15. The van der Waals surface area contributed by atoms with E-state index in [4.69, 9.17) is 27.0 Å². The van der Waals surface area contributed by atoms with E-state index in [1.54, 1.807) is 36.3 Å². The van der Waals surface area contributed by atoms with Crippen molar-refractivity contribution in [3.63, 3.8) is 0 Å². The molecule has 2 aromatic rings. The van der Waals surface area contributed by atoms with Crippen molar-refractivity contribution in [2.45, 2.75) is 13.0 Å². The highest BCUT2D eigenvalue weighted by molar-refractivity contribution is 7.80. The van der Waals surface area contributed by atoms with Gasteiger partial charge in [0, 0.05) is 5.70 Å². The van der Waals surface area contributed by atoms with E-state index in [9.17, 15) is 4.79 Å². The highest BCUT2D eigenvalue weighted by Crippen LogP contribution is 2.37. The van der Waals surface area contributed by atoms with Crippen molar-refractivity contribution in [2.24, 2.45) is 0 Å². The van der Waals surface area contributed by atoms with Crippen molar-refractivity contribution in [3.05, 3.63) is 70.9 Å². The van der Waals surface area contributed by atoms with Crippen LogP contribution in [-0.2, 0) is 9.53 Å². The van der Waals surface area contributed by atoms with Crippen LogP contribution in [-0.4, -0.2) is 25.3 Å². The summed E-state index contributed by atoms with van der Waals surface area (Å²) in [5, 5.41) is 12.7. The molecule has 0 amide bonds. The molecular formula is C21H19N3O3S. The number of nitrogens with one attached hydrogen (secondary N) is 1. The number of para-hydroxylation sites is 2. The number of anilines is 1. The fourth-order valence-corrected chi connectivity index (χ4v) is 3.58. The van der Waals surface area contributed by atoms with Gasteiger partial charge in [-0.3, -0.25) is 4.90 Å². The number of ether oxygens (including phenoxy) is 2. The molecular weight excluding hydrogens is 374 g/mol. The molecule has 1 N–H and O–H groups in total. The van der Waals surface area contributed by atoms with E-state index in [1.807, 2.05) is 31.2 Å². The molecule has 28 heavy (non-hydrogen) atoms. The molecule has 1 unspecified atom stereocenters. The highest BCUT2D eigenvalue weighted by atomic mass is 32.1. The maximum absolute atomic E-state index is 12.6. The molecule has 3 rings (SSSR count). The third-order valence-electron chi connectivity index (χ3n) is 4.59. The third kappa shape index (κ3) is 3.42. The van der Waals surface area contributed by atoms with E-state index in [1.165, 1.54) is 7.11 Å². The van der Waals surface area contributed by atoms with Crippen LogP contribution in [0, 0.1) is 11.3 Å². The van der Waals surface area contributed by atoms with Crippen molar-refractivity contribution in [1.29, 1.82) is 5.26 Å². The minimum absolute atomic E-state index is 0.434. The predicted octanol–water partition coefficient (Wildman–Crippen LogP) is 3.45. The molecule has 142 valence electrons. The van der Waals surface area contributed by atoms with Gasteiger partial charge in [-0.1, -0.05) is 24.3 Å². The molecule has 1 aliphatic rings. The molecule has 0 bridgehead atoms. The second kappa shape index (κ2) is 8.11. The number of nitrogens with zero attached hydrogens (tertiary/aromatic N) is 2. The van der Waals surface area contributed by atoms with Gasteiger partial charge in [0.2, 0.25) is 0 Å². The van der Waals surface area contributed by atoms with Gasteiger partial charge in [-0.15, -0.1) is 0 Å². The first-order chi connectivity index (χ1) is 13.5. The fraction of sp³-hybridized carbons (Fsp3) is 0.190. The lowest BCUT2D eigenvalue weighted by molar-refractivity contribution is -0.136. The van der Waals surface area contributed by atoms with Crippen LogP contribution in [0.1, 0.15) is 24.1 Å². The first kappa shape index (κ1) is 19.4. The Bertz CT molecular complexity index is 993. The predicted molar refractivity (Wildman–Crippen MR) is 110 cm³/mol. The monoisotopic (exact) mass is 393 g/mol. The Labute approximate surface area is 169 Å². The molecule has 0 fully saturated rings. The number of methoxy groups -OCH3 is 2. The van der Waals surface area contributed by atoms with Crippen LogP contribution in [0.15, 0.2) is 59.8 Å². The van der Waals surface area contributed by atoms with Gasteiger partial charge < -0.3 is 14.8 Å². The van der Waals surface area contributed by atoms with Crippen molar-refractivity contribution in [1.82, 2.24) is 5.32 Å². The number of nitriles is 1. The molecule has 0 saturated carbocycles. The Morgan fingerprint density at radius 1 is 1.18 bits per heavy atom. The van der Waals surface area contributed by atoms with Crippen LogP contribution in [0.2, 0.25) is 0 Å². The number of rotatable bonds is 4. The highest BCUT2D eigenvalue weighted by Gasteiger charge is 2.36. The number of hydrogen-bond acceptors (Lipinski definition) is 5. The van der Waals surface area contributed by atoms with E-state index in [0.29, 0.717) is 27.7 Å². The lowest BCUT2D eigenvalue weighted by atomic mass is 9.94. The van der Waals surface area contributed by atoms with Crippen molar-refractivity contribution in [3.8, 4) is 11.8 Å². The average Bonchev–Trinajstić information content (AvgIpc) is 2.73. The molecule has 7 heteroatoms. The van der Waals surface area contributed by atoms with Crippen molar-refractivity contribution in [2.75, 3.05) is 19.1 Å². The number of thiocarbonyl (C=S) groups is 1. The van der Waals surface area contributed by atoms with Gasteiger partial charge in [0.1, 0.15) is 5.75 Å². The second-order valence-corrected chi connectivity index (χ2v) is 6.50. The summed E-state index contributed by atoms with van der Waals surface area (Å²) < 4.78 is 10.5. The number of esters is 1. The smallest absolute Gasteiger partial charge is 0.337 e. The van der Waals surface area contributed by atoms with E-state index < -0.39 is 12.0 Å². The summed E-state index contributed by atoms with van der Waals surface area (Å²) in [6.07, 6.45) is 0. The van der Waals surface area contributed by atoms with E-state index in [-0.39, 0.29) is 0 Å². The Morgan fingerprint density at radius 2 is 1.86 bits per heavy atom. The number of hydrogen-bond donors (Lipinski definition) is 1. The van der Waals surface area contributed by atoms with Crippen LogP contribution in [0.25, 0.3) is 0 Å². The summed E-state index contributed by atoms with van der Waals surface area (Å²) >= 11 is 5.62. The molecule has 1 aliphatic heterocycles. The second-order valence-electron chi connectivity index (χ2n) is 6.11. The third-order valence-corrected chi connectivity index (χ3v) is 4.89. The van der Waals surface area contributed by atoms with Crippen LogP contribution >= 0.6 is 12.2 Å². The van der Waals surface area contributed by atoms with Crippen LogP contribution in [0.5, 0.6) is 5.75 Å². The lowest BCUT2D eigenvalue weighted by Gasteiger charge is -2.37. The zero-order valence-corrected chi connectivity index (χ0v) is 16.5. The first-order valence-corrected chi connectivity index (χ1v) is 8.95. The minimum Gasteiger partial charge on any atom is -0.495 e. The maximum atomic E-state index is 12.6. The number of carbonyl (C=O) groups is 1. The molecule has 0 saturated heterocycles. The van der Waals surface area contributed by atoms with Gasteiger partial charge in [0.15, 0.2) is 5.11 Å². The van der Waals surface area contributed by atoms with Crippen LogP contribution in [0.3, 0.4) is 0 Å². The lowest BCUT2D eigenvalue weighted by Crippen LogP contribution is -2.48. The van der Waals surface area contributed by atoms with E-state index in [0.717, 1.165) is 11.3 Å². The Balaban J connectivity index is 2.15. The van der Waals surface area contributed by atoms with Gasteiger partial charge >= 0.3 is 5.97 Å². The largest absolute Gasteiger partial charge is 0.495 e. The Hall–Kier alpha value is -3.37. The summed E-state index contributed by atoms with van der Waals surface area (Å²) in [5.74, 6) is 0.175. The van der Waals surface area contributed by atoms with Crippen molar-refractivity contribution >= 4 is 29.0 Å². The topological polar surface area (TPSA) is 74.6 Å². The zero-order valence-electron chi connectivity index (χ0n) is 15.7. The number of carbonyl (C=O) groups excluding carboxylic acids is 1. The standard InChI is InChI=1S/C21H19N3O3S/c1-13-18(20(25)27-3)19(15-10-8-14(12-22)9-11-15)23-21(28)24(13)16-6-4-5-7-17(16)26-2/h4-11,19H,1-3H3,(H,23,28). The molecule has 1 atom stereocenters. The van der Waals surface area contributed by atoms with E-state index in [2.05, 4.69) is 11.4 Å². The van der Waals surface area contributed by atoms with Gasteiger partial charge in [0.25, 0.3) is 0 Å². The van der Waals surface area contributed by atoms with Crippen molar-refractivity contribution < 1.29 is 14.3 Å². The average molecular weight is 393 g/mol. The molecule has 0 aliphatic carbocycles. The van der Waals surface area contributed by atoms with Gasteiger partial charge in [-0.2, -0.15) is 5.26 Å². The Kier molecular flexibility index (Phi) is 5.62. The first-order valence-electron chi connectivity index (χ1n) is 8.54. The summed E-state index contributed by atoms with van der Waals surface area (Å²) in [7, 11) is 2.93. The quantitative estimate of drug-likeness (QED) is 0.630. The normalized spacial score (nSPS) is 16.3. The zero-order chi connectivity index (χ0) is 20.3. The summed E-state index contributed by atoms with van der Waals surface area (Å²) in [6, 6.07) is 16.0. The minimum atomic E-state index is -0.487. The fourth-order valence-electron chi connectivity index (χ4n) is 3.22. The van der Waals surface area contributed by atoms with Crippen LogP contribution < -0.4 is 15.0 Å². The number of allylic oxidation sites excluding steroid dienone is 1. The van der Waals surface area contributed by atoms with E-state index >= 15 is 0 Å². The number of benzene rings is 2. The SMILES string of the molecule is COC(=O)C1=C(C)N(c2ccccc2OC)C(=S)NC1c1ccc(C#N)cc1. The molecule has 2 aromatic carbocycles. The molecule has 0 radical (unpaired) electrons. The van der Waals surface area contributed by atoms with Gasteiger partial charge in [-0.05, 0) is 49.0 Å². The van der Waals surface area contributed by atoms with Gasteiger partial charge in [-0.25, -0.2) is 4.79 Å². The Morgan fingerprint density at radius 3 is 2.46 bits per heavy atom. The van der Waals surface area contributed by atoms with Crippen LogP contribution in [0.4, 0.5) is 5.69 Å². The summed E-state index contributed by atoms with van der Waals surface area (Å²) in [6.45, 7) is 1.82. The summed E-state index contributed by atoms with van der Waals surface area (Å²) in [4.78, 5) is 14.4. The molecule has 1 heterocycles. The molecule has 0 spiro atoms.